The number of benzene rings is 1. The molecule has 1 N–H and O–H groups in total. The molecule has 25 heavy (non-hydrogen) atoms. The molecule has 2 heterocycles. The van der Waals surface area contributed by atoms with Crippen LogP contribution in [0.2, 0.25) is 0 Å². The number of fused-ring (bicyclic) bond motifs is 1. The van der Waals surface area contributed by atoms with Gasteiger partial charge >= 0.3 is 0 Å². The minimum absolute atomic E-state index is 0.0835. The predicted molar refractivity (Wildman–Crippen MR) is 94.0 cm³/mol. The van der Waals surface area contributed by atoms with Crippen LogP contribution in [0.15, 0.2) is 48.7 Å². The van der Waals surface area contributed by atoms with E-state index in [1.165, 1.54) is 6.26 Å². The van der Waals surface area contributed by atoms with Gasteiger partial charge < -0.3 is 5.32 Å². The predicted octanol–water partition coefficient (Wildman–Crippen LogP) is 1.25. The molecule has 0 fully saturated rings. The van der Waals surface area contributed by atoms with Crippen LogP contribution in [0.5, 0.6) is 0 Å². The molecule has 2 aromatic heterocycles. The lowest BCUT2D eigenvalue weighted by Gasteiger charge is -2.06. The molecule has 7 nitrogen and oxygen atoms in total. The fourth-order valence-corrected chi connectivity index (χ4v) is 3.34. The Bertz CT molecular complexity index is 1010. The van der Waals surface area contributed by atoms with E-state index in [1.54, 1.807) is 24.3 Å². The first-order valence-corrected chi connectivity index (χ1v) is 9.82. The molecule has 0 spiro atoms. The lowest BCUT2D eigenvalue weighted by atomic mass is 10.1. The first-order chi connectivity index (χ1) is 11.9. The zero-order chi connectivity index (χ0) is 17.9. The normalized spacial score (nSPS) is 11.6. The number of pyridine rings is 1. The molecular weight excluding hydrogens is 340 g/mol. The molecule has 0 unspecified atom stereocenters. The molecule has 8 heteroatoms. The highest BCUT2D eigenvalue weighted by Gasteiger charge is 2.10. The third kappa shape index (κ3) is 4.42. The number of sulfone groups is 1. The molecule has 0 aliphatic carbocycles. The van der Waals surface area contributed by atoms with Crippen molar-refractivity contribution >= 4 is 21.4 Å². The lowest BCUT2D eigenvalue weighted by molar-refractivity contribution is 0.0954. The Balaban J connectivity index is 1.62. The Hall–Kier alpha value is -2.74. The van der Waals surface area contributed by atoms with E-state index in [9.17, 15) is 13.2 Å². The van der Waals surface area contributed by atoms with Gasteiger partial charge in [0.05, 0.1) is 5.75 Å². The Morgan fingerprint density at radius 3 is 2.80 bits per heavy atom. The fraction of sp³-hybridized carbons (Fsp3) is 0.235. The molecule has 0 saturated heterocycles. The second kappa shape index (κ2) is 7.02. The van der Waals surface area contributed by atoms with Crippen molar-refractivity contribution in [3.63, 3.8) is 0 Å². The van der Waals surface area contributed by atoms with Gasteiger partial charge in [0.2, 0.25) is 0 Å². The first-order valence-electron chi connectivity index (χ1n) is 7.76. The van der Waals surface area contributed by atoms with Gasteiger partial charge in [-0.2, -0.15) is 0 Å². The van der Waals surface area contributed by atoms with Crippen LogP contribution in [-0.2, 0) is 22.0 Å². The maximum absolute atomic E-state index is 12.3. The monoisotopic (exact) mass is 358 g/mol. The number of rotatable bonds is 6. The Kier molecular flexibility index (Phi) is 4.80. The molecule has 130 valence electrons. The van der Waals surface area contributed by atoms with Gasteiger partial charge in [0.1, 0.15) is 5.82 Å². The van der Waals surface area contributed by atoms with Gasteiger partial charge in [-0.3, -0.25) is 9.20 Å². The van der Waals surface area contributed by atoms with E-state index in [2.05, 4.69) is 15.5 Å². The van der Waals surface area contributed by atoms with Crippen molar-refractivity contribution in [1.82, 2.24) is 19.9 Å². The van der Waals surface area contributed by atoms with Crippen LogP contribution < -0.4 is 5.32 Å². The van der Waals surface area contributed by atoms with E-state index < -0.39 is 9.84 Å². The number of nitrogens with zero attached hydrogens (tertiary/aromatic N) is 3. The number of carbonyl (C=O) groups is 1. The van der Waals surface area contributed by atoms with Crippen LogP contribution in [0.3, 0.4) is 0 Å². The second-order valence-corrected chi connectivity index (χ2v) is 7.96. The second-order valence-electron chi connectivity index (χ2n) is 5.82. The van der Waals surface area contributed by atoms with Crippen LogP contribution in [0.25, 0.3) is 5.65 Å². The fourth-order valence-electron chi connectivity index (χ4n) is 2.56. The summed E-state index contributed by atoms with van der Waals surface area (Å²) >= 11 is 0. The average Bonchev–Trinajstić information content (AvgIpc) is 2.97. The minimum Gasteiger partial charge on any atom is -0.352 e. The molecule has 0 atom stereocenters. The van der Waals surface area contributed by atoms with E-state index >= 15 is 0 Å². The first kappa shape index (κ1) is 17.1. The van der Waals surface area contributed by atoms with Crippen LogP contribution in [0, 0.1) is 0 Å². The Labute approximate surface area is 145 Å². The Morgan fingerprint density at radius 1 is 1.16 bits per heavy atom. The summed E-state index contributed by atoms with van der Waals surface area (Å²) in [6.07, 6.45) is 3.59. The van der Waals surface area contributed by atoms with Crippen molar-refractivity contribution in [3.05, 3.63) is 65.6 Å². The summed E-state index contributed by atoms with van der Waals surface area (Å²) < 4.78 is 24.6. The number of aromatic nitrogens is 3. The molecule has 0 aliphatic heterocycles. The number of hydrogen-bond donors (Lipinski definition) is 1. The highest BCUT2D eigenvalue weighted by molar-refractivity contribution is 7.89. The smallest absolute Gasteiger partial charge is 0.251 e. The summed E-state index contributed by atoms with van der Waals surface area (Å²) in [5.74, 6) is 0.436. The Morgan fingerprint density at radius 2 is 2.00 bits per heavy atom. The zero-order valence-corrected chi connectivity index (χ0v) is 14.5. The summed E-state index contributed by atoms with van der Waals surface area (Å²) in [4.78, 5) is 12.3. The van der Waals surface area contributed by atoms with Gasteiger partial charge in [0.15, 0.2) is 15.5 Å². The van der Waals surface area contributed by atoms with Crippen molar-refractivity contribution in [2.24, 2.45) is 0 Å². The molecular formula is C17H18N4O3S. The van der Waals surface area contributed by atoms with Gasteiger partial charge in [-0.1, -0.05) is 18.2 Å². The third-order valence-electron chi connectivity index (χ3n) is 3.64. The number of nitrogens with one attached hydrogen (secondary N) is 1. The molecule has 0 bridgehead atoms. The lowest BCUT2D eigenvalue weighted by Crippen LogP contribution is -2.26. The topological polar surface area (TPSA) is 93.4 Å². The molecule has 1 amide bonds. The quantitative estimate of drug-likeness (QED) is 0.716. The van der Waals surface area contributed by atoms with Crippen LogP contribution in [0.4, 0.5) is 0 Å². The van der Waals surface area contributed by atoms with Gasteiger partial charge in [-0.25, -0.2) is 8.42 Å². The third-order valence-corrected chi connectivity index (χ3v) is 4.49. The SMILES string of the molecule is CS(=O)(=O)Cc1cccc(C(=O)NCCc2nnc3ccccn23)c1. The standard InChI is InChI=1S/C17H18N4O3S/c1-25(23,24)12-13-5-4-6-14(11-13)17(22)18-9-8-16-20-19-15-7-2-3-10-21(15)16/h2-7,10-11H,8-9,12H2,1H3,(H,18,22). The highest BCUT2D eigenvalue weighted by Crippen LogP contribution is 2.09. The minimum atomic E-state index is -3.14. The number of hydrogen-bond acceptors (Lipinski definition) is 5. The van der Waals surface area contributed by atoms with Gasteiger partial charge in [-0.15, -0.1) is 10.2 Å². The van der Waals surface area contributed by atoms with Gasteiger partial charge in [0, 0.05) is 31.0 Å². The summed E-state index contributed by atoms with van der Waals surface area (Å²) in [7, 11) is -3.14. The van der Waals surface area contributed by atoms with Crippen molar-refractivity contribution in [1.29, 1.82) is 0 Å². The maximum atomic E-state index is 12.3. The molecule has 1 aromatic carbocycles. The largest absolute Gasteiger partial charge is 0.352 e. The molecule has 0 saturated carbocycles. The van der Waals surface area contributed by atoms with E-state index in [-0.39, 0.29) is 11.7 Å². The summed E-state index contributed by atoms with van der Waals surface area (Å²) in [5, 5.41) is 11.0. The maximum Gasteiger partial charge on any atom is 0.251 e. The average molecular weight is 358 g/mol. The number of carbonyl (C=O) groups excluding carboxylic acids is 1. The van der Waals surface area contributed by atoms with Crippen molar-refractivity contribution in [2.45, 2.75) is 12.2 Å². The van der Waals surface area contributed by atoms with Crippen molar-refractivity contribution in [3.8, 4) is 0 Å². The highest BCUT2D eigenvalue weighted by atomic mass is 32.2. The zero-order valence-electron chi connectivity index (χ0n) is 13.7. The summed E-state index contributed by atoms with van der Waals surface area (Å²) in [5.41, 5.74) is 1.79. The molecule has 3 rings (SSSR count). The molecule has 0 radical (unpaired) electrons. The molecule has 3 aromatic rings. The van der Waals surface area contributed by atoms with Crippen LogP contribution in [0.1, 0.15) is 21.7 Å². The number of amides is 1. The van der Waals surface area contributed by atoms with E-state index in [4.69, 9.17) is 0 Å². The summed E-state index contributed by atoms with van der Waals surface area (Å²) in [6.45, 7) is 0.408. The molecule has 0 aliphatic rings. The van der Waals surface area contributed by atoms with Gasteiger partial charge in [0.25, 0.3) is 5.91 Å². The van der Waals surface area contributed by atoms with E-state index in [1.807, 2.05) is 28.8 Å². The van der Waals surface area contributed by atoms with Crippen LogP contribution >= 0.6 is 0 Å². The van der Waals surface area contributed by atoms with Crippen LogP contribution in [-0.4, -0.2) is 41.7 Å². The van der Waals surface area contributed by atoms with E-state index in [0.717, 1.165) is 11.5 Å². The van der Waals surface area contributed by atoms with Gasteiger partial charge in [-0.05, 0) is 29.8 Å². The summed E-state index contributed by atoms with van der Waals surface area (Å²) in [6, 6.07) is 12.3. The van der Waals surface area contributed by atoms with Crippen molar-refractivity contribution in [2.75, 3.05) is 12.8 Å². The van der Waals surface area contributed by atoms with E-state index in [0.29, 0.717) is 24.1 Å². The van der Waals surface area contributed by atoms with Crippen molar-refractivity contribution < 1.29 is 13.2 Å².